The Kier molecular flexibility index (Phi) is 5.56. The normalized spacial score (nSPS) is 20.0. The van der Waals surface area contributed by atoms with Gasteiger partial charge in [-0.25, -0.2) is 0 Å². The molecule has 0 saturated carbocycles. The predicted molar refractivity (Wildman–Crippen MR) is 85.6 cm³/mol. The van der Waals surface area contributed by atoms with Crippen LogP contribution in [0.3, 0.4) is 0 Å². The highest BCUT2D eigenvalue weighted by Gasteiger charge is 2.20. The zero-order chi connectivity index (χ0) is 15.2. The molecule has 0 spiro atoms. The van der Waals surface area contributed by atoms with Crippen molar-refractivity contribution >= 4 is 11.4 Å². The number of nitrogens with one attached hydrogen (secondary N) is 1. The summed E-state index contributed by atoms with van der Waals surface area (Å²) in [5.41, 5.74) is 1.89. The topological polar surface area (TPSA) is 58.4 Å². The first-order valence-electron chi connectivity index (χ1n) is 7.84. The number of benzene rings is 1. The number of nitrogens with zero attached hydrogens (tertiary/aromatic N) is 2. The van der Waals surface area contributed by atoms with Crippen LogP contribution in [-0.4, -0.2) is 29.5 Å². The van der Waals surface area contributed by atoms with Gasteiger partial charge in [-0.05, 0) is 50.8 Å². The summed E-state index contributed by atoms with van der Waals surface area (Å²) in [6.45, 7) is 7.91. The van der Waals surface area contributed by atoms with Gasteiger partial charge in [0.05, 0.1) is 4.92 Å². The van der Waals surface area contributed by atoms with Crippen LogP contribution in [0.2, 0.25) is 0 Å². The second-order valence-electron chi connectivity index (χ2n) is 5.91. The summed E-state index contributed by atoms with van der Waals surface area (Å²) in [5, 5.41) is 14.4. The van der Waals surface area contributed by atoms with Gasteiger partial charge in [-0.2, -0.15) is 0 Å². The molecule has 1 aromatic rings. The highest BCUT2D eigenvalue weighted by atomic mass is 16.6. The third-order valence-corrected chi connectivity index (χ3v) is 4.18. The SMILES string of the molecule is CCNc1c(CN2CCCC(C)CC2)cccc1[N+](=O)[O-]. The number of anilines is 1. The van der Waals surface area contributed by atoms with Crippen LogP contribution in [0.1, 0.15) is 38.7 Å². The van der Waals surface area contributed by atoms with Crippen molar-refractivity contribution in [3.05, 3.63) is 33.9 Å². The second-order valence-corrected chi connectivity index (χ2v) is 5.91. The minimum atomic E-state index is -0.300. The fourth-order valence-corrected chi connectivity index (χ4v) is 2.97. The van der Waals surface area contributed by atoms with Crippen molar-refractivity contribution in [3.63, 3.8) is 0 Å². The molecule has 2 rings (SSSR count). The molecule has 0 aromatic heterocycles. The Bertz CT molecular complexity index is 490. The summed E-state index contributed by atoms with van der Waals surface area (Å²) in [7, 11) is 0. The molecule has 21 heavy (non-hydrogen) atoms. The lowest BCUT2D eigenvalue weighted by molar-refractivity contribution is -0.384. The standard InChI is InChI=1S/C16H25N3O2/c1-3-17-16-14(7-4-8-15(16)19(20)21)12-18-10-5-6-13(2)9-11-18/h4,7-8,13,17H,3,5-6,9-12H2,1-2H3. The van der Waals surface area contributed by atoms with E-state index in [2.05, 4.69) is 17.1 Å². The maximum Gasteiger partial charge on any atom is 0.292 e. The Hall–Kier alpha value is -1.62. The quantitative estimate of drug-likeness (QED) is 0.664. The molecular weight excluding hydrogens is 266 g/mol. The number of rotatable bonds is 5. The molecule has 0 bridgehead atoms. The molecule has 0 amide bonds. The summed E-state index contributed by atoms with van der Waals surface area (Å²) in [6, 6.07) is 5.36. The monoisotopic (exact) mass is 291 g/mol. The molecule has 0 radical (unpaired) electrons. The third kappa shape index (κ3) is 4.17. The zero-order valence-corrected chi connectivity index (χ0v) is 13.0. The molecule has 1 heterocycles. The summed E-state index contributed by atoms with van der Waals surface area (Å²) in [5.74, 6) is 0.786. The summed E-state index contributed by atoms with van der Waals surface area (Å²) >= 11 is 0. The molecule has 1 fully saturated rings. The van der Waals surface area contributed by atoms with Gasteiger partial charge in [-0.15, -0.1) is 0 Å². The molecule has 5 heteroatoms. The number of likely N-dealkylation sites (tertiary alicyclic amines) is 1. The van der Waals surface area contributed by atoms with Crippen LogP contribution in [-0.2, 0) is 6.54 Å². The van der Waals surface area contributed by atoms with Crippen LogP contribution >= 0.6 is 0 Å². The van der Waals surface area contributed by atoms with Crippen molar-refractivity contribution in [1.82, 2.24) is 4.90 Å². The Labute approximate surface area is 126 Å². The first-order valence-corrected chi connectivity index (χ1v) is 7.84. The number of hydrogen-bond acceptors (Lipinski definition) is 4. The van der Waals surface area contributed by atoms with E-state index in [9.17, 15) is 10.1 Å². The van der Waals surface area contributed by atoms with E-state index in [4.69, 9.17) is 0 Å². The molecule has 5 nitrogen and oxygen atoms in total. The average Bonchev–Trinajstić information content (AvgIpc) is 2.65. The smallest absolute Gasteiger partial charge is 0.292 e. The Morgan fingerprint density at radius 3 is 2.90 bits per heavy atom. The van der Waals surface area contributed by atoms with Gasteiger partial charge in [-0.3, -0.25) is 15.0 Å². The lowest BCUT2D eigenvalue weighted by Crippen LogP contribution is -2.25. The molecule has 0 aliphatic carbocycles. The zero-order valence-electron chi connectivity index (χ0n) is 13.0. The molecule has 1 atom stereocenters. The number of para-hydroxylation sites is 1. The molecule has 1 aromatic carbocycles. The molecular formula is C16H25N3O2. The molecule has 1 unspecified atom stereocenters. The minimum Gasteiger partial charge on any atom is -0.380 e. The first-order chi connectivity index (χ1) is 10.1. The maximum absolute atomic E-state index is 11.2. The highest BCUT2D eigenvalue weighted by molar-refractivity contribution is 5.66. The van der Waals surface area contributed by atoms with E-state index in [0.717, 1.165) is 31.1 Å². The molecule has 116 valence electrons. The van der Waals surface area contributed by atoms with Crippen LogP contribution in [0.5, 0.6) is 0 Å². The van der Waals surface area contributed by atoms with Gasteiger partial charge in [-0.1, -0.05) is 19.1 Å². The van der Waals surface area contributed by atoms with Crippen molar-refractivity contribution in [1.29, 1.82) is 0 Å². The molecule has 1 N–H and O–H groups in total. The lowest BCUT2D eigenvalue weighted by Gasteiger charge is -2.21. The largest absolute Gasteiger partial charge is 0.380 e. The first kappa shape index (κ1) is 15.8. The van der Waals surface area contributed by atoms with E-state index < -0.39 is 0 Å². The number of nitro benzene ring substituents is 1. The molecule has 1 aliphatic rings. The van der Waals surface area contributed by atoms with E-state index in [-0.39, 0.29) is 10.6 Å². The van der Waals surface area contributed by atoms with Gasteiger partial charge >= 0.3 is 0 Å². The Morgan fingerprint density at radius 2 is 2.19 bits per heavy atom. The van der Waals surface area contributed by atoms with E-state index in [1.165, 1.54) is 19.3 Å². The number of hydrogen-bond donors (Lipinski definition) is 1. The van der Waals surface area contributed by atoms with Gasteiger partial charge in [0.1, 0.15) is 5.69 Å². The Balaban J connectivity index is 2.18. The van der Waals surface area contributed by atoms with Gasteiger partial charge in [0.2, 0.25) is 0 Å². The van der Waals surface area contributed by atoms with Gasteiger partial charge in [0, 0.05) is 19.2 Å². The van der Waals surface area contributed by atoms with Crippen molar-refractivity contribution in [2.75, 3.05) is 25.0 Å². The van der Waals surface area contributed by atoms with E-state index in [1.807, 2.05) is 13.0 Å². The van der Waals surface area contributed by atoms with E-state index >= 15 is 0 Å². The average molecular weight is 291 g/mol. The highest BCUT2D eigenvalue weighted by Crippen LogP contribution is 2.30. The van der Waals surface area contributed by atoms with Crippen molar-refractivity contribution < 1.29 is 4.92 Å². The fraction of sp³-hybridized carbons (Fsp3) is 0.625. The number of nitro groups is 1. The van der Waals surface area contributed by atoms with E-state index in [0.29, 0.717) is 12.2 Å². The van der Waals surface area contributed by atoms with Crippen LogP contribution in [0.25, 0.3) is 0 Å². The van der Waals surface area contributed by atoms with E-state index in [1.54, 1.807) is 12.1 Å². The van der Waals surface area contributed by atoms with Gasteiger partial charge in [0.15, 0.2) is 0 Å². The molecule has 1 saturated heterocycles. The summed E-state index contributed by atoms with van der Waals surface area (Å²) in [4.78, 5) is 13.3. The maximum atomic E-state index is 11.2. The molecule has 1 aliphatic heterocycles. The van der Waals surface area contributed by atoms with Crippen molar-refractivity contribution in [2.45, 2.75) is 39.7 Å². The lowest BCUT2D eigenvalue weighted by atomic mass is 10.0. The van der Waals surface area contributed by atoms with Crippen LogP contribution < -0.4 is 5.32 Å². The van der Waals surface area contributed by atoms with Crippen molar-refractivity contribution in [3.8, 4) is 0 Å². The minimum absolute atomic E-state index is 0.178. The predicted octanol–water partition coefficient (Wildman–Crippen LogP) is 3.65. The van der Waals surface area contributed by atoms with Crippen LogP contribution in [0.4, 0.5) is 11.4 Å². The third-order valence-electron chi connectivity index (χ3n) is 4.18. The van der Waals surface area contributed by atoms with Crippen LogP contribution in [0, 0.1) is 16.0 Å². The van der Waals surface area contributed by atoms with Gasteiger partial charge < -0.3 is 5.32 Å². The summed E-state index contributed by atoms with van der Waals surface area (Å²) in [6.07, 6.45) is 3.71. The second kappa shape index (κ2) is 7.41. The van der Waals surface area contributed by atoms with Crippen LogP contribution in [0.15, 0.2) is 18.2 Å². The van der Waals surface area contributed by atoms with Gasteiger partial charge in [0.25, 0.3) is 5.69 Å². The van der Waals surface area contributed by atoms with Crippen molar-refractivity contribution in [2.24, 2.45) is 5.92 Å². The fourth-order valence-electron chi connectivity index (χ4n) is 2.97. The summed E-state index contributed by atoms with van der Waals surface area (Å²) < 4.78 is 0. The Morgan fingerprint density at radius 1 is 1.38 bits per heavy atom.